The Bertz CT molecular complexity index is 363. The van der Waals surface area contributed by atoms with Gasteiger partial charge in [-0.05, 0) is 51.4 Å². The number of carbonyl (C=O) groups excluding carboxylic acids is 1. The predicted octanol–water partition coefficient (Wildman–Crippen LogP) is 3.85. The van der Waals surface area contributed by atoms with Crippen LogP contribution in [0.2, 0.25) is 0 Å². The van der Waals surface area contributed by atoms with Gasteiger partial charge >= 0.3 is 5.97 Å². The largest absolute Gasteiger partial charge is 0.456 e. The van der Waals surface area contributed by atoms with E-state index in [1.807, 2.05) is 6.92 Å². The molecular weight excluding hydrogens is 240 g/mol. The summed E-state index contributed by atoms with van der Waals surface area (Å²) in [5.74, 6) is -0.109. The third-order valence-electron chi connectivity index (χ3n) is 5.34. The zero-order valence-corrected chi connectivity index (χ0v) is 13.0. The van der Waals surface area contributed by atoms with E-state index in [-0.39, 0.29) is 23.1 Å². The highest BCUT2D eigenvalue weighted by molar-refractivity contribution is 5.69. The number of carbonyl (C=O) groups is 1. The van der Waals surface area contributed by atoms with Gasteiger partial charge in [-0.3, -0.25) is 4.79 Å². The summed E-state index contributed by atoms with van der Waals surface area (Å²) >= 11 is 0. The van der Waals surface area contributed by atoms with E-state index in [1.165, 1.54) is 0 Å². The summed E-state index contributed by atoms with van der Waals surface area (Å²) in [6.45, 7) is 10.6. The molecule has 0 radical (unpaired) electrons. The van der Waals surface area contributed by atoms with Crippen LogP contribution < -0.4 is 0 Å². The van der Waals surface area contributed by atoms with Gasteiger partial charge in [-0.15, -0.1) is 0 Å². The molecule has 0 aromatic rings. The summed E-state index contributed by atoms with van der Waals surface area (Å²) in [4.78, 5) is 11.8. The molecule has 3 heteroatoms. The van der Waals surface area contributed by atoms with Gasteiger partial charge in [0.2, 0.25) is 0 Å². The van der Waals surface area contributed by atoms with Crippen molar-refractivity contribution in [2.45, 2.75) is 90.4 Å². The fourth-order valence-corrected chi connectivity index (χ4v) is 4.20. The molecular formula is C16H28O3. The third-order valence-corrected chi connectivity index (χ3v) is 5.34. The summed E-state index contributed by atoms with van der Waals surface area (Å²) < 4.78 is 12.3. The van der Waals surface area contributed by atoms with Crippen molar-refractivity contribution < 1.29 is 14.3 Å². The van der Waals surface area contributed by atoms with Gasteiger partial charge < -0.3 is 9.47 Å². The first-order valence-electron chi connectivity index (χ1n) is 7.66. The van der Waals surface area contributed by atoms with E-state index in [0.29, 0.717) is 6.42 Å². The minimum Gasteiger partial charge on any atom is -0.456 e. The Morgan fingerprint density at radius 1 is 1.26 bits per heavy atom. The highest BCUT2D eigenvalue weighted by Crippen LogP contribution is 2.58. The lowest BCUT2D eigenvalue weighted by Crippen LogP contribution is -2.64. The van der Waals surface area contributed by atoms with Crippen LogP contribution in [0.25, 0.3) is 0 Å². The van der Waals surface area contributed by atoms with E-state index in [2.05, 4.69) is 27.7 Å². The molecule has 2 rings (SSSR count). The van der Waals surface area contributed by atoms with Gasteiger partial charge in [0.25, 0.3) is 0 Å². The lowest BCUT2D eigenvalue weighted by atomic mass is 9.57. The smallest absolute Gasteiger partial charge is 0.306 e. The molecule has 2 aliphatic rings. The van der Waals surface area contributed by atoms with E-state index in [0.717, 1.165) is 32.1 Å². The van der Waals surface area contributed by atoms with Crippen molar-refractivity contribution in [2.24, 2.45) is 5.41 Å². The fourth-order valence-electron chi connectivity index (χ4n) is 4.20. The Hall–Kier alpha value is -0.570. The third kappa shape index (κ3) is 2.20. The molecule has 1 saturated heterocycles. The fraction of sp³-hybridized carbons (Fsp3) is 0.938. The maximum atomic E-state index is 11.8. The molecule has 110 valence electrons. The molecule has 2 fully saturated rings. The molecule has 0 N–H and O–H groups in total. The zero-order chi connectivity index (χ0) is 14.3. The second kappa shape index (κ2) is 4.76. The van der Waals surface area contributed by atoms with Crippen molar-refractivity contribution >= 4 is 5.97 Å². The normalized spacial score (nSPS) is 41.4. The van der Waals surface area contributed by atoms with Crippen molar-refractivity contribution in [1.29, 1.82) is 0 Å². The van der Waals surface area contributed by atoms with Crippen LogP contribution in [0.3, 0.4) is 0 Å². The van der Waals surface area contributed by atoms with Gasteiger partial charge in [-0.1, -0.05) is 20.8 Å². The molecule has 1 spiro atoms. The SMILES string of the molecule is CCC(=O)OC1(C)CCCC(C)(C)C12CCC(C)O2. The second-order valence-electron chi connectivity index (χ2n) is 7.09. The molecule has 0 aromatic heterocycles. The minimum atomic E-state index is -0.480. The van der Waals surface area contributed by atoms with Gasteiger partial charge in [0, 0.05) is 6.42 Å². The van der Waals surface area contributed by atoms with Crippen molar-refractivity contribution in [1.82, 2.24) is 0 Å². The summed E-state index contributed by atoms with van der Waals surface area (Å²) in [5, 5.41) is 0. The number of hydrogen-bond acceptors (Lipinski definition) is 3. The first kappa shape index (κ1) is 14.8. The van der Waals surface area contributed by atoms with E-state index in [4.69, 9.17) is 9.47 Å². The van der Waals surface area contributed by atoms with Crippen LogP contribution in [0.1, 0.15) is 73.1 Å². The number of ether oxygens (including phenoxy) is 2. The number of hydrogen-bond donors (Lipinski definition) is 0. The van der Waals surface area contributed by atoms with E-state index in [1.54, 1.807) is 0 Å². The Balaban J connectivity index is 2.37. The van der Waals surface area contributed by atoms with Gasteiger partial charge in [0.05, 0.1) is 6.10 Å². The molecule has 0 aromatic carbocycles. The molecule has 1 aliphatic carbocycles. The minimum absolute atomic E-state index is 0.0543. The van der Waals surface area contributed by atoms with E-state index >= 15 is 0 Å². The van der Waals surface area contributed by atoms with Crippen molar-refractivity contribution in [3.05, 3.63) is 0 Å². The lowest BCUT2D eigenvalue weighted by molar-refractivity contribution is -0.251. The van der Waals surface area contributed by atoms with Gasteiger partial charge in [0.1, 0.15) is 11.2 Å². The summed E-state index contributed by atoms with van der Waals surface area (Å²) in [5.41, 5.74) is -0.742. The summed E-state index contributed by atoms with van der Waals surface area (Å²) in [6.07, 6.45) is 5.89. The highest BCUT2D eigenvalue weighted by atomic mass is 16.6. The molecule has 0 amide bonds. The Labute approximate surface area is 117 Å². The molecule has 1 heterocycles. The molecule has 3 unspecified atom stereocenters. The van der Waals surface area contributed by atoms with Crippen LogP contribution in [0.4, 0.5) is 0 Å². The van der Waals surface area contributed by atoms with Crippen molar-refractivity contribution in [2.75, 3.05) is 0 Å². The van der Waals surface area contributed by atoms with Crippen molar-refractivity contribution in [3.8, 4) is 0 Å². The molecule has 3 nitrogen and oxygen atoms in total. The quantitative estimate of drug-likeness (QED) is 0.714. The van der Waals surface area contributed by atoms with Gasteiger partial charge in [0.15, 0.2) is 0 Å². The monoisotopic (exact) mass is 268 g/mol. The van der Waals surface area contributed by atoms with Crippen LogP contribution in [0.5, 0.6) is 0 Å². The number of esters is 1. The summed E-state index contributed by atoms with van der Waals surface area (Å²) in [6, 6.07) is 0. The highest BCUT2D eigenvalue weighted by Gasteiger charge is 2.64. The molecule has 19 heavy (non-hydrogen) atoms. The second-order valence-corrected chi connectivity index (χ2v) is 7.09. The average molecular weight is 268 g/mol. The summed E-state index contributed by atoms with van der Waals surface area (Å²) in [7, 11) is 0. The van der Waals surface area contributed by atoms with E-state index < -0.39 is 5.60 Å². The molecule has 1 saturated carbocycles. The zero-order valence-electron chi connectivity index (χ0n) is 13.0. The van der Waals surface area contributed by atoms with Crippen LogP contribution >= 0.6 is 0 Å². The standard InChI is InChI=1S/C16H28O3/c1-6-13(17)19-15(5)10-7-9-14(3,4)16(15)11-8-12(2)18-16/h12H,6-11H2,1-5H3. The van der Waals surface area contributed by atoms with Gasteiger partial charge in [-0.25, -0.2) is 0 Å². The van der Waals surface area contributed by atoms with Crippen molar-refractivity contribution in [3.63, 3.8) is 0 Å². The van der Waals surface area contributed by atoms with Gasteiger partial charge in [-0.2, -0.15) is 0 Å². The molecule has 3 atom stereocenters. The van der Waals surface area contributed by atoms with Crippen LogP contribution in [-0.2, 0) is 14.3 Å². The maximum Gasteiger partial charge on any atom is 0.306 e. The number of rotatable bonds is 2. The first-order chi connectivity index (χ1) is 8.76. The lowest BCUT2D eigenvalue weighted by Gasteiger charge is -2.57. The maximum absolute atomic E-state index is 11.8. The Morgan fingerprint density at radius 3 is 2.47 bits per heavy atom. The average Bonchev–Trinajstić information content (AvgIpc) is 2.71. The van der Waals surface area contributed by atoms with Crippen LogP contribution in [-0.4, -0.2) is 23.3 Å². The molecule has 1 aliphatic heterocycles. The predicted molar refractivity (Wildman–Crippen MR) is 74.9 cm³/mol. The topological polar surface area (TPSA) is 35.5 Å². The van der Waals surface area contributed by atoms with E-state index in [9.17, 15) is 4.79 Å². The van der Waals surface area contributed by atoms with Crippen LogP contribution in [0.15, 0.2) is 0 Å². The Morgan fingerprint density at radius 2 is 1.95 bits per heavy atom. The van der Waals surface area contributed by atoms with Crippen LogP contribution in [0, 0.1) is 5.41 Å². The first-order valence-corrected chi connectivity index (χ1v) is 7.66. The molecule has 0 bridgehead atoms. The Kier molecular flexibility index (Phi) is 3.72.